The van der Waals surface area contributed by atoms with E-state index in [0.29, 0.717) is 6.61 Å². The third-order valence-corrected chi connectivity index (χ3v) is 3.25. The highest BCUT2D eigenvalue weighted by atomic mass is 16.8. The van der Waals surface area contributed by atoms with Crippen molar-refractivity contribution in [1.82, 2.24) is 0 Å². The molecule has 0 aromatic rings. The van der Waals surface area contributed by atoms with Gasteiger partial charge in [0, 0.05) is 6.92 Å². The molecule has 2 aliphatic heterocycles. The molecule has 17 heavy (non-hydrogen) atoms. The maximum Gasteiger partial charge on any atom is 0.303 e. The van der Waals surface area contributed by atoms with Crippen molar-refractivity contribution in [1.29, 1.82) is 0 Å². The molecule has 0 spiro atoms. The first-order valence-electron chi connectivity index (χ1n) is 5.70. The Kier molecular flexibility index (Phi) is 2.21. The second-order valence-electron chi connectivity index (χ2n) is 5.01. The van der Waals surface area contributed by atoms with Crippen LogP contribution in [-0.2, 0) is 23.8 Å². The van der Waals surface area contributed by atoms with Crippen LogP contribution in [0.4, 0.5) is 0 Å². The third kappa shape index (κ3) is 1.63. The van der Waals surface area contributed by atoms with Crippen molar-refractivity contribution >= 4 is 11.7 Å². The van der Waals surface area contributed by atoms with Gasteiger partial charge >= 0.3 is 5.97 Å². The SMILES string of the molecule is CC(=O)O[C@H]1[C@@H]2OC(C)(C)O[C@@H]2C2=NOC[C@H]21. The number of nitrogens with zero attached hydrogens (tertiary/aromatic N) is 1. The molecule has 94 valence electrons. The van der Waals surface area contributed by atoms with E-state index >= 15 is 0 Å². The van der Waals surface area contributed by atoms with Crippen molar-refractivity contribution in [3.8, 4) is 0 Å². The van der Waals surface area contributed by atoms with Crippen molar-refractivity contribution < 1.29 is 23.8 Å². The summed E-state index contributed by atoms with van der Waals surface area (Å²) in [7, 11) is 0. The van der Waals surface area contributed by atoms with E-state index in [1.54, 1.807) is 0 Å². The number of hydrogen-bond donors (Lipinski definition) is 0. The Hall–Kier alpha value is -1.14. The molecule has 3 rings (SSSR count). The molecule has 3 aliphatic rings. The van der Waals surface area contributed by atoms with Crippen molar-refractivity contribution in [2.75, 3.05) is 6.61 Å². The van der Waals surface area contributed by atoms with Crippen LogP contribution >= 0.6 is 0 Å². The Balaban J connectivity index is 1.89. The first-order chi connectivity index (χ1) is 7.98. The molecular weight excluding hydrogens is 226 g/mol. The summed E-state index contributed by atoms with van der Waals surface area (Å²) in [4.78, 5) is 16.2. The molecular formula is C11H15NO5. The fourth-order valence-corrected chi connectivity index (χ4v) is 2.70. The average molecular weight is 241 g/mol. The lowest BCUT2D eigenvalue weighted by molar-refractivity contribution is -0.174. The highest BCUT2D eigenvalue weighted by Crippen LogP contribution is 2.42. The lowest BCUT2D eigenvalue weighted by Gasteiger charge is -2.23. The molecule has 1 aliphatic carbocycles. The molecule has 6 heteroatoms. The van der Waals surface area contributed by atoms with Crippen molar-refractivity contribution in [3.63, 3.8) is 0 Å². The largest absolute Gasteiger partial charge is 0.459 e. The number of oxime groups is 1. The minimum Gasteiger partial charge on any atom is -0.459 e. The Morgan fingerprint density at radius 1 is 1.47 bits per heavy atom. The lowest BCUT2D eigenvalue weighted by Crippen LogP contribution is -2.36. The van der Waals surface area contributed by atoms with Gasteiger partial charge in [0.1, 0.15) is 24.9 Å². The van der Waals surface area contributed by atoms with E-state index in [0.717, 1.165) is 5.71 Å². The van der Waals surface area contributed by atoms with Crippen LogP contribution in [-0.4, -0.2) is 42.4 Å². The number of carbonyl (C=O) groups excluding carboxylic acids is 1. The molecule has 1 saturated carbocycles. The number of carbonyl (C=O) groups is 1. The van der Waals surface area contributed by atoms with Gasteiger partial charge in [-0.1, -0.05) is 5.16 Å². The molecule has 0 N–H and O–H groups in total. The molecule has 0 aromatic carbocycles. The van der Waals surface area contributed by atoms with Crippen LogP contribution in [0.2, 0.25) is 0 Å². The summed E-state index contributed by atoms with van der Waals surface area (Å²) < 4.78 is 16.9. The average Bonchev–Trinajstić information content (AvgIpc) is 2.81. The normalized spacial score (nSPS) is 41.5. The zero-order valence-corrected chi connectivity index (χ0v) is 10.0. The van der Waals surface area contributed by atoms with E-state index in [1.807, 2.05) is 13.8 Å². The molecule has 0 bridgehead atoms. The smallest absolute Gasteiger partial charge is 0.303 e. The number of hydrogen-bond acceptors (Lipinski definition) is 6. The topological polar surface area (TPSA) is 66.4 Å². The molecule has 2 heterocycles. The molecule has 4 atom stereocenters. The Morgan fingerprint density at radius 3 is 2.94 bits per heavy atom. The van der Waals surface area contributed by atoms with Gasteiger partial charge in [-0.05, 0) is 13.8 Å². The predicted molar refractivity (Wildman–Crippen MR) is 56.3 cm³/mol. The van der Waals surface area contributed by atoms with Crippen LogP contribution in [0.25, 0.3) is 0 Å². The van der Waals surface area contributed by atoms with Crippen molar-refractivity contribution in [2.45, 2.75) is 44.9 Å². The summed E-state index contributed by atoms with van der Waals surface area (Å²) in [6.45, 7) is 5.48. The monoisotopic (exact) mass is 241 g/mol. The zero-order chi connectivity index (χ0) is 12.2. The third-order valence-electron chi connectivity index (χ3n) is 3.25. The number of fused-ring (bicyclic) bond motifs is 3. The second kappa shape index (κ2) is 3.43. The quantitative estimate of drug-likeness (QED) is 0.624. The van der Waals surface area contributed by atoms with E-state index in [1.165, 1.54) is 6.92 Å². The summed E-state index contributed by atoms with van der Waals surface area (Å²) in [6.07, 6.45) is -0.899. The van der Waals surface area contributed by atoms with Gasteiger partial charge in [-0.2, -0.15) is 0 Å². The number of ether oxygens (including phenoxy) is 3. The Morgan fingerprint density at radius 2 is 2.24 bits per heavy atom. The van der Waals surface area contributed by atoms with E-state index in [9.17, 15) is 4.79 Å². The summed E-state index contributed by atoms with van der Waals surface area (Å²) in [5, 5.41) is 3.98. The molecule has 0 radical (unpaired) electrons. The molecule has 2 fully saturated rings. The zero-order valence-electron chi connectivity index (χ0n) is 10.0. The lowest BCUT2D eigenvalue weighted by atomic mass is 10.1. The van der Waals surface area contributed by atoms with E-state index in [-0.39, 0.29) is 30.2 Å². The standard InChI is InChI=1S/C11H15NO5/c1-5(13)15-8-6-4-14-12-7(6)9-10(8)17-11(2,3)16-9/h6,8-10H,4H2,1-3H3/t6-,8-,9-,10+/m1/s1. The fourth-order valence-electron chi connectivity index (χ4n) is 2.70. The highest BCUT2D eigenvalue weighted by Gasteiger charge is 2.60. The first-order valence-corrected chi connectivity index (χ1v) is 5.70. The van der Waals surface area contributed by atoms with Crippen LogP contribution in [0.15, 0.2) is 5.16 Å². The van der Waals surface area contributed by atoms with Gasteiger partial charge in [0.15, 0.2) is 5.79 Å². The Labute approximate surface area is 98.8 Å². The maximum atomic E-state index is 11.1. The minimum atomic E-state index is -0.677. The fraction of sp³-hybridized carbons (Fsp3) is 0.818. The van der Waals surface area contributed by atoms with Gasteiger partial charge in [-0.25, -0.2) is 0 Å². The van der Waals surface area contributed by atoms with Crippen LogP contribution < -0.4 is 0 Å². The number of esters is 1. The molecule has 0 aromatic heterocycles. The molecule has 1 saturated heterocycles. The van der Waals surface area contributed by atoms with Crippen molar-refractivity contribution in [3.05, 3.63) is 0 Å². The van der Waals surface area contributed by atoms with Crippen LogP contribution in [0.3, 0.4) is 0 Å². The van der Waals surface area contributed by atoms with Crippen LogP contribution in [0.1, 0.15) is 20.8 Å². The van der Waals surface area contributed by atoms with Crippen molar-refractivity contribution in [2.24, 2.45) is 11.1 Å². The summed E-state index contributed by atoms with van der Waals surface area (Å²) in [5.41, 5.74) is 0.798. The molecule has 0 amide bonds. The first kappa shape index (κ1) is 11.0. The van der Waals surface area contributed by atoms with E-state index in [2.05, 4.69) is 5.16 Å². The van der Waals surface area contributed by atoms with Crippen LogP contribution in [0.5, 0.6) is 0 Å². The minimum absolute atomic E-state index is 0.0370. The van der Waals surface area contributed by atoms with Crippen LogP contribution in [0, 0.1) is 5.92 Å². The van der Waals surface area contributed by atoms with Gasteiger partial charge in [0.05, 0.1) is 11.6 Å². The molecule has 0 unspecified atom stereocenters. The van der Waals surface area contributed by atoms with Gasteiger partial charge in [-0.3, -0.25) is 4.79 Å². The van der Waals surface area contributed by atoms with Gasteiger partial charge in [-0.15, -0.1) is 0 Å². The highest BCUT2D eigenvalue weighted by molar-refractivity contribution is 5.95. The maximum absolute atomic E-state index is 11.1. The summed E-state index contributed by atoms with van der Waals surface area (Å²) >= 11 is 0. The van der Waals surface area contributed by atoms with Gasteiger partial charge in [0.25, 0.3) is 0 Å². The number of rotatable bonds is 1. The van der Waals surface area contributed by atoms with E-state index in [4.69, 9.17) is 19.0 Å². The summed E-state index contributed by atoms with van der Waals surface area (Å²) in [5.74, 6) is -1.04. The second-order valence-corrected chi connectivity index (χ2v) is 5.01. The van der Waals surface area contributed by atoms with Gasteiger partial charge < -0.3 is 19.0 Å². The Bertz CT molecular complexity index is 391. The molecule has 6 nitrogen and oxygen atoms in total. The van der Waals surface area contributed by atoms with Gasteiger partial charge in [0.2, 0.25) is 0 Å². The summed E-state index contributed by atoms with van der Waals surface area (Å²) in [6, 6.07) is 0. The predicted octanol–water partition coefficient (Wildman–Crippen LogP) is 0.454. The van der Waals surface area contributed by atoms with E-state index < -0.39 is 5.79 Å².